The number of benzene rings is 1. The van der Waals surface area contributed by atoms with Crippen LogP contribution in [0, 0.1) is 11.3 Å². The maximum Gasteiger partial charge on any atom is 0.129 e. The molecule has 2 heterocycles. The molecule has 0 saturated carbocycles. The molecular weight excluding hydrogens is 352 g/mol. The first-order chi connectivity index (χ1) is 9.70. The molecule has 2 N–H and O–H groups in total. The highest BCUT2D eigenvalue weighted by molar-refractivity contribution is 9.11. The average Bonchev–Trinajstić information content (AvgIpc) is 3.03. The smallest absolute Gasteiger partial charge is 0.129 e. The van der Waals surface area contributed by atoms with Gasteiger partial charge in [-0.3, -0.25) is 0 Å². The maximum atomic E-state index is 9.23. The number of thiophene rings is 2. The fourth-order valence-electron chi connectivity index (χ4n) is 2.03. The van der Waals surface area contributed by atoms with E-state index in [2.05, 4.69) is 22.0 Å². The Morgan fingerprint density at radius 2 is 1.80 bits per heavy atom. The molecule has 1 aromatic carbocycles. The molecule has 2 aromatic heterocycles. The molecule has 0 saturated heterocycles. The molecular formula is C15H9BrN2S2. The van der Waals surface area contributed by atoms with Crippen molar-refractivity contribution in [3.8, 4) is 27.0 Å². The molecule has 3 aromatic rings. The second-order valence-electron chi connectivity index (χ2n) is 4.13. The minimum Gasteiger partial charge on any atom is -0.396 e. The van der Waals surface area contributed by atoms with Crippen molar-refractivity contribution in [2.45, 2.75) is 0 Å². The van der Waals surface area contributed by atoms with Crippen LogP contribution in [0.5, 0.6) is 0 Å². The second-order valence-corrected chi connectivity index (χ2v) is 7.61. The summed E-state index contributed by atoms with van der Waals surface area (Å²) in [5.74, 6) is 0. The van der Waals surface area contributed by atoms with Gasteiger partial charge in [-0.25, -0.2) is 0 Å². The lowest BCUT2D eigenvalue weighted by Gasteiger charge is -2.04. The first kappa shape index (κ1) is 13.4. The Bertz CT molecular complexity index is 797. The van der Waals surface area contributed by atoms with Crippen LogP contribution in [0.4, 0.5) is 5.69 Å². The van der Waals surface area contributed by atoms with Gasteiger partial charge in [0.05, 0.1) is 14.4 Å². The summed E-state index contributed by atoms with van der Waals surface area (Å²) in [4.78, 5) is 2.75. The summed E-state index contributed by atoms with van der Waals surface area (Å²) < 4.78 is 1.07. The first-order valence-electron chi connectivity index (χ1n) is 5.84. The Morgan fingerprint density at radius 1 is 1.05 bits per heavy atom. The van der Waals surface area contributed by atoms with Crippen LogP contribution in [0.15, 0.2) is 46.3 Å². The van der Waals surface area contributed by atoms with Crippen molar-refractivity contribution in [3.63, 3.8) is 0 Å². The summed E-state index contributed by atoms with van der Waals surface area (Å²) in [6.45, 7) is 0. The summed E-state index contributed by atoms with van der Waals surface area (Å²) in [6.07, 6.45) is 0. The van der Waals surface area contributed by atoms with Crippen LogP contribution < -0.4 is 5.73 Å². The van der Waals surface area contributed by atoms with Crippen LogP contribution in [-0.2, 0) is 0 Å². The molecule has 0 aliphatic rings. The summed E-state index contributed by atoms with van der Waals surface area (Å²) in [5.41, 5.74) is 8.75. The van der Waals surface area contributed by atoms with Gasteiger partial charge in [0.15, 0.2) is 0 Å². The molecule has 5 heteroatoms. The lowest BCUT2D eigenvalue weighted by Crippen LogP contribution is -1.88. The zero-order valence-electron chi connectivity index (χ0n) is 10.3. The van der Waals surface area contributed by atoms with E-state index in [-0.39, 0.29) is 0 Å². The summed E-state index contributed by atoms with van der Waals surface area (Å²) in [6, 6.07) is 16.2. The largest absolute Gasteiger partial charge is 0.396 e. The predicted molar refractivity (Wildman–Crippen MR) is 89.9 cm³/mol. The normalized spacial score (nSPS) is 10.4. The highest BCUT2D eigenvalue weighted by atomic mass is 79.9. The quantitative estimate of drug-likeness (QED) is 0.668. The highest BCUT2D eigenvalue weighted by Crippen LogP contribution is 2.47. The van der Waals surface area contributed by atoms with Crippen LogP contribution in [0.25, 0.3) is 20.9 Å². The molecule has 3 rings (SSSR count). The van der Waals surface area contributed by atoms with Crippen molar-refractivity contribution in [2.24, 2.45) is 0 Å². The van der Waals surface area contributed by atoms with Gasteiger partial charge in [-0.2, -0.15) is 5.26 Å². The van der Waals surface area contributed by atoms with E-state index in [1.165, 1.54) is 11.3 Å². The maximum absolute atomic E-state index is 9.23. The number of anilines is 1. The molecule has 0 aliphatic carbocycles. The van der Waals surface area contributed by atoms with Crippen molar-refractivity contribution >= 4 is 44.3 Å². The van der Waals surface area contributed by atoms with Gasteiger partial charge in [0.25, 0.3) is 0 Å². The van der Waals surface area contributed by atoms with Crippen molar-refractivity contribution in [1.29, 1.82) is 5.26 Å². The Kier molecular flexibility index (Phi) is 3.62. The predicted octanol–water partition coefficient (Wildman–Crippen LogP) is 5.36. The third kappa shape index (κ3) is 2.27. The molecule has 20 heavy (non-hydrogen) atoms. The number of nitrogens with two attached hydrogens (primary N) is 1. The topological polar surface area (TPSA) is 49.8 Å². The Balaban J connectivity index is 2.28. The van der Waals surface area contributed by atoms with Crippen molar-refractivity contribution in [1.82, 2.24) is 0 Å². The van der Waals surface area contributed by atoms with Gasteiger partial charge in [-0.05, 0) is 33.6 Å². The van der Waals surface area contributed by atoms with Crippen LogP contribution in [0.2, 0.25) is 0 Å². The fraction of sp³-hybridized carbons (Fsp3) is 0. The van der Waals surface area contributed by atoms with Gasteiger partial charge in [-0.1, -0.05) is 30.3 Å². The number of nitrogens with zero attached hydrogens (tertiary/aromatic N) is 1. The minimum absolute atomic E-state index is 0.572. The Morgan fingerprint density at radius 3 is 2.40 bits per heavy atom. The molecule has 98 valence electrons. The molecule has 0 bridgehead atoms. The third-order valence-electron chi connectivity index (χ3n) is 2.91. The molecule has 0 radical (unpaired) electrons. The number of hydrogen-bond donors (Lipinski definition) is 1. The lowest BCUT2D eigenvalue weighted by molar-refractivity contribution is 1.52. The monoisotopic (exact) mass is 360 g/mol. The van der Waals surface area contributed by atoms with Crippen LogP contribution in [0.1, 0.15) is 4.88 Å². The van der Waals surface area contributed by atoms with Crippen LogP contribution >= 0.6 is 38.6 Å². The standard InChI is InChI=1S/C15H9BrN2S2/c16-12-7-6-10(19-12)15-13(9-4-2-1-3-5-9)14(18)11(8-17)20-15/h1-7H,18H2. The van der Waals surface area contributed by atoms with Gasteiger partial charge >= 0.3 is 0 Å². The third-order valence-corrected chi connectivity index (χ3v) is 5.82. The number of nitriles is 1. The highest BCUT2D eigenvalue weighted by Gasteiger charge is 2.19. The first-order valence-corrected chi connectivity index (χ1v) is 8.27. The lowest BCUT2D eigenvalue weighted by atomic mass is 10.0. The van der Waals surface area contributed by atoms with E-state index < -0.39 is 0 Å². The number of halogens is 1. The van der Waals surface area contributed by atoms with Crippen molar-refractivity contribution in [3.05, 3.63) is 51.1 Å². The molecule has 0 fully saturated rings. The SMILES string of the molecule is N#Cc1sc(-c2ccc(Br)s2)c(-c2ccccc2)c1N. The molecule has 0 spiro atoms. The second kappa shape index (κ2) is 5.41. The van der Waals surface area contributed by atoms with Gasteiger partial charge in [0.2, 0.25) is 0 Å². The summed E-state index contributed by atoms with van der Waals surface area (Å²) >= 11 is 6.57. The van der Waals surface area contributed by atoms with E-state index in [1.54, 1.807) is 11.3 Å². The van der Waals surface area contributed by atoms with Gasteiger partial charge in [0, 0.05) is 10.4 Å². The van der Waals surface area contributed by atoms with Gasteiger partial charge in [0.1, 0.15) is 10.9 Å². The van der Waals surface area contributed by atoms with E-state index in [9.17, 15) is 5.26 Å². The molecule has 0 amide bonds. The van der Waals surface area contributed by atoms with E-state index in [1.807, 2.05) is 42.5 Å². The van der Waals surface area contributed by atoms with Gasteiger partial charge < -0.3 is 5.73 Å². The summed E-state index contributed by atoms with van der Waals surface area (Å²) in [5, 5.41) is 9.23. The zero-order valence-corrected chi connectivity index (χ0v) is 13.5. The van der Waals surface area contributed by atoms with Crippen LogP contribution in [-0.4, -0.2) is 0 Å². The molecule has 0 unspecified atom stereocenters. The number of rotatable bonds is 2. The minimum atomic E-state index is 0.572. The van der Waals surface area contributed by atoms with E-state index in [0.717, 1.165) is 24.7 Å². The number of hydrogen-bond acceptors (Lipinski definition) is 4. The van der Waals surface area contributed by atoms with E-state index in [4.69, 9.17) is 5.73 Å². The van der Waals surface area contributed by atoms with Crippen molar-refractivity contribution < 1.29 is 0 Å². The Hall–Kier alpha value is -1.61. The molecule has 0 atom stereocenters. The van der Waals surface area contributed by atoms with Gasteiger partial charge in [-0.15, -0.1) is 22.7 Å². The zero-order chi connectivity index (χ0) is 14.1. The average molecular weight is 361 g/mol. The van der Waals surface area contributed by atoms with E-state index in [0.29, 0.717) is 10.6 Å². The molecule has 2 nitrogen and oxygen atoms in total. The number of nitrogen functional groups attached to an aromatic ring is 1. The molecule has 0 aliphatic heterocycles. The van der Waals surface area contributed by atoms with Crippen molar-refractivity contribution in [2.75, 3.05) is 5.73 Å². The Labute approximate surface area is 133 Å². The fourth-order valence-corrected chi connectivity index (χ4v) is 4.57. The van der Waals surface area contributed by atoms with Crippen LogP contribution in [0.3, 0.4) is 0 Å². The summed E-state index contributed by atoms with van der Waals surface area (Å²) in [7, 11) is 0. The van der Waals surface area contributed by atoms with E-state index >= 15 is 0 Å².